The van der Waals surface area contributed by atoms with Gasteiger partial charge in [-0.25, -0.2) is 0 Å². The molecule has 1 aromatic rings. The van der Waals surface area contributed by atoms with Gasteiger partial charge in [0.2, 0.25) is 0 Å². The van der Waals surface area contributed by atoms with Crippen molar-refractivity contribution in [3.63, 3.8) is 0 Å². The summed E-state index contributed by atoms with van der Waals surface area (Å²) < 4.78 is 0. The zero-order valence-electron chi connectivity index (χ0n) is 11.7. The molecule has 0 aromatic heterocycles. The molecule has 2 heteroatoms. The minimum absolute atomic E-state index is 0.00244. The van der Waals surface area contributed by atoms with Crippen molar-refractivity contribution in [2.75, 3.05) is 18.0 Å². The lowest BCUT2D eigenvalue weighted by molar-refractivity contribution is 0.586. The number of hydrogen-bond donors (Lipinski definition) is 0. The monoisotopic (exact) mass is 232 g/mol. The quantitative estimate of drug-likeness (QED) is 0.722. The molecular weight excluding hydrogens is 208 g/mol. The van der Waals surface area contributed by atoms with Gasteiger partial charge in [0.25, 0.3) is 0 Å². The standard InChI is InChI=1S/C15H24N2/c1-6-17(7-2)14-10-8-13(9-11-14)12-16-15(3,4)5/h8-12H,6-7H2,1-5H3. The third kappa shape index (κ3) is 4.59. The van der Waals surface area contributed by atoms with Crippen molar-refractivity contribution < 1.29 is 0 Å². The topological polar surface area (TPSA) is 15.6 Å². The van der Waals surface area contributed by atoms with E-state index < -0.39 is 0 Å². The summed E-state index contributed by atoms with van der Waals surface area (Å²) in [6.45, 7) is 12.8. The molecule has 2 nitrogen and oxygen atoms in total. The average Bonchev–Trinajstić information content (AvgIpc) is 2.29. The second-order valence-electron chi connectivity index (χ2n) is 5.19. The smallest absolute Gasteiger partial charge is 0.0524 e. The van der Waals surface area contributed by atoms with Gasteiger partial charge in [-0.1, -0.05) is 12.1 Å². The minimum Gasteiger partial charge on any atom is -0.372 e. The molecule has 0 spiro atoms. The summed E-state index contributed by atoms with van der Waals surface area (Å²) in [6.07, 6.45) is 1.95. The van der Waals surface area contributed by atoms with Crippen LogP contribution in [0.5, 0.6) is 0 Å². The average molecular weight is 232 g/mol. The maximum Gasteiger partial charge on any atom is 0.0524 e. The van der Waals surface area contributed by atoms with E-state index in [1.54, 1.807) is 0 Å². The lowest BCUT2D eigenvalue weighted by Crippen LogP contribution is -2.21. The summed E-state index contributed by atoms with van der Waals surface area (Å²) in [5.74, 6) is 0. The highest BCUT2D eigenvalue weighted by Crippen LogP contribution is 2.14. The van der Waals surface area contributed by atoms with Crippen LogP contribution >= 0.6 is 0 Å². The van der Waals surface area contributed by atoms with E-state index in [1.165, 1.54) is 5.69 Å². The molecule has 0 N–H and O–H groups in total. The van der Waals surface area contributed by atoms with Crippen LogP contribution in [0.25, 0.3) is 0 Å². The van der Waals surface area contributed by atoms with Gasteiger partial charge >= 0.3 is 0 Å². The number of hydrogen-bond acceptors (Lipinski definition) is 2. The van der Waals surface area contributed by atoms with Gasteiger partial charge in [0.05, 0.1) is 5.54 Å². The van der Waals surface area contributed by atoms with E-state index in [4.69, 9.17) is 0 Å². The third-order valence-electron chi connectivity index (χ3n) is 2.62. The predicted molar refractivity (Wildman–Crippen MR) is 77.4 cm³/mol. The summed E-state index contributed by atoms with van der Waals surface area (Å²) >= 11 is 0. The fourth-order valence-electron chi connectivity index (χ4n) is 1.63. The molecule has 0 radical (unpaired) electrons. The highest BCUT2D eigenvalue weighted by atomic mass is 15.1. The zero-order valence-corrected chi connectivity index (χ0v) is 11.7. The summed E-state index contributed by atoms with van der Waals surface area (Å²) in [4.78, 5) is 6.84. The van der Waals surface area contributed by atoms with Gasteiger partial charge in [-0.05, 0) is 52.3 Å². The Kier molecular flexibility index (Phi) is 4.73. The van der Waals surface area contributed by atoms with Crippen LogP contribution in [0.3, 0.4) is 0 Å². The van der Waals surface area contributed by atoms with E-state index in [2.05, 4.69) is 68.8 Å². The first-order chi connectivity index (χ1) is 7.96. The predicted octanol–water partition coefficient (Wildman–Crippen LogP) is 3.75. The molecule has 1 aromatic carbocycles. The summed E-state index contributed by atoms with van der Waals surface area (Å²) in [7, 11) is 0. The van der Waals surface area contributed by atoms with E-state index in [0.29, 0.717) is 0 Å². The van der Waals surface area contributed by atoms with Gasteiger partial charge in [-0.3, -0.25) is 4.99 Å². The van der Waals surface area contributed by atoms with Crippen LogP contribution < -0.4 is 4.90 Å². The van der Waals surface area contributed by atoms with E-state index in [-0.39, 0.29) is 5.54 Å². The fourth-order valence-corrected chi connectivity index (χ4v) is 1.63. The van der Waals surface area contributed by atoms with Crippen LogP contribution in [0.15, 0.2) is 29.3 Å². The second kappa shape index (κ2) is 5.85. The molecule has 0 heterocycles. The minimum atomic E-state index is -0.00244. The summed E-state index contributed by atoms with van der Waals surface area (Å²) in [5, 5.41) is 0. The van der Waals surface area contributed by atoms with Crippen LogP contribution in [0.2, 0.25) is 0 Å². The van der Waals surface area contributed by atoms with Crippen LogP contribution in [-0.2, 0) is 0 Å². The van der Waals surface area contributed by atoms with Crippen LogP contribution in [0.1, 0.15) is 40.2 Å². The summed E-state index contributed by atoms with van der Waals surface area (Å²) in [5.41, 5.74) is 2.44. The maximum atomic E-state index is 4.50. The number of anilines is 1. The summed E-state index contributed by atoms with van der Waals surface area (Å²) in [6, 6.07) is 8.58. The Bertz CT molecular complexity index is 354. The highest BCUT2D eigenvalue weighted by Gasteiger charge is 2.05. The van der Waals surface area contributed by atoms with Crippen molar-refractivity contribution >= 4 is 11.9 Å². The molecule has 0 fully saturated rings. The molecule has 1 rings (SSSR count). The van der Waals surface area contributed by atoms with Crippen molar-refractivity contribution in [1.29, 1.82) is 0 Å². The van der Waals surface area contributed by atoms with Gasteiger partial charge in [0, 0.05) is 25.0 Å². The van der Waals surface area contributed by atoms with Gasteiger partial charge in [0.15, 0.2) is 0 Å². The van der Waals surface area contributed by atoms with Crippen molar-refractivity contribution in [3.8, 4) is 0 Å². The molecule has 0 bridgehead atoms. The van der Waals surface area contributed by atoms with Crippen LogP contribution in [0.4, 0.5) is 5.69 Å². The van der Waals surface area contributed by atoms with E-state index in [0.717, 1.165) is 18.7 Å². The molecule has 17 heavy (non-hydrogen) atoms. The molecule has 0 unspecified atom stereocenters. The Morgan fingerprint density at radius 1 is 1.06 bits per heavy atom. The Hall–Kier alpha value is -1.31. The number of benzene rings is 1. The Labute approximate surface area is 105 Å². The van der Waals surface area contributed by atoms with Crippen molar-refractivity contribution in [3.05, 3.63) is 29.8 Å². The van der Waals surface area contributed by atoms with Crippen molar-refractivity contribution in [1.82, 2.24) is 0 Å². The van der Waals surface area contributed by atoms with Crippen LogP contribution in [-0.4, -0.2) is 24.8 Å². The van der Waals surface area contributed by atoms with Gasteiger partial charge in [-0.15, -0.1) is 0 Å². The maximum absolute atomic E-state index is 4.50. The van der Waals surface area contributed by atoms with E-state index >= 15 is 0 Å². The van der Waals surface area contributed by atoms with Gasteiger partial charge in [0.1, 0.15) is 0 Å². The first-order valence-corrected chi connectivity index (χ1v) is 6.36. The first kappa shape index (κ1) is 13.8. The third-order valence-corrected chi connectivity index (χ3v) is 2.62. The Balaban J connectivity index is 2.78. The van der Waals surface area contributed by atoms with Gasteiger partial charge in [-0.2, -0.15) is 0 Å². The normalized spacial score (nSPS) is 12.1. The molecule has 0 aliphatic heterocycles. The SMILES string of the molecule is CCN(CC)c1ccc(C=NC(C)(C)C)cc1. The molecule has 0 amide bonds. The Morgan fingerprint density at radius 3 is 2.00 bits per heavy atom. The molecule has 0 saturated carbocycles. The number of aliphatic imine (C=N–C) groups is 1. The number of rotatable bonds is 4. The Morgan fingerprint density at radius 2 is 1.59 bits per heavy atom. The fraction of sp³-hybridized carbons (Fsp3) is 0.533. The lowest BCUT2D eigenvalue weighted by Gasteiger charge is -2.20. The lowest BCUT2D eigenvalue weighted by atomic mass is 10.1. The molecule has 0 atom stereocenters. The largest absolute Gasteiger partial charge is 0.372 e. The molecule has 94 valence electrons. The first-order valence-electron chi connectivity index (χ1n) is 6.36. The second-order valence-corrected chi connectivity index (χ2v) is 5.19. The zero-order chi connectivity index (χ0) is 12.9. The van der Waals surface area contributed by atoms with E-state index in [9.17, 15) is 0 Å². The van der Waals surface area contributed by atoms with Gasteiger partial charge < -0.3 is 4.90 Å². The van der Waals surface area contributed by atoms with Crippen molar-refractivity contribution in [2.45, 2.75) is 40.2 Å². The molecular formula is C15H24N2. The number of nitrogens with zero attached hydrogens (tertiary/aromatic N) is 2. The van der Waals surface area contributed by atoms with Crippen molar-refractivity contribution in [2.24, 2.45) is 4.99 Å². The van der Waals surface area contributed by atoms with E-state index in [1.807, 2.05) is 6.21 Å². The molecule has 0 saturated heterocycles. The van der Waals surface area contributed by atoms with Crippen LogP contribution in [0, 0.1) is 0 Å². The molecule has 0 aliphatic carbocycles. The highest BCUT2D eigenvalue weighted by molar-refractivity contribution is 5.80. The molecule has 0 aliphatic rings.